The number of aryl methyl sites for hydroxylation is 1. The number of carbonyl (C=O) groups is 2. The first-order chi connectivity index (χ1) is 17.2. The minimum Gasteiger partial charge on any atom is -0.412 e. The van der Waals surface area contributed by atoms with Gasteiger partial charge in [-0.25, -0.2) is 4.39 Å². The van der Waals surface area contributed by atoms with Crippen molar-refractivity contribution in [3.8, 4) is 0 Å². The van der Waals surface area contributed by atoms with Crippen molar-refractivity contribution in [1.29, 1.82) is 0 Å². The molecule has 1 aromatic heterocycles. The fraction of sp³-hybridized carbons (Fsp3) is 0.259. The largest absolute Gasteiger partial charge is 0.412 e. The number of halogens is 1. The van der Waals surface area contributed by atoms with E-state index in [-0.39, 0.29) is 29.1 Å². The average molecular weight is 525 g/mol. The Hall–Kier alpha value is -3.60. The third-order valence-electron chi connectivity index (χ3n) is 6.77. The number of rotatable bonds is 5. The van der Waals surface area contributed by atoms with Crippen LogP contribution in [0.5, 0.6) is 0 Å². The smallest absolute Gasteiger partial charge is 0.256 e. The number of nitrogens with one attached hydrogen (secondary N) is 2. The second kappa shape index (κ2) is 10.4. The molecule has 0 bridgehead atoms. The summed E-state index contributed by atoms with van der Waals surface area (Å²) in [6, 6.07) is 11.3. The number of H-pyrrole nitrogens is 1. The third kappa shape index (κ3) is 5.00. The number of amides is 2. The zero-order chi connectivity index (χ0) is 25.6. The number of hydrogen-bond donors (Lipinski definition) is 3. The van der Waals surface area contributed by atoms with E-state index in [1.54, 1.807) is 47.4 Å². The first-order valence-corrected chi connectivity index (χ1v) is 13.1. The van der Waals surface area contributed by atoms with Crippen molar-refractivity contribution < 1.29 is 23.7 Å². The lowest BCUT2D eigenvalue weighted by molar-refractivity contribution is -0.110. The molecule has 10 heteroatoms. The Labute approximate surface area is 216 Å². The highest BCUT2D eigenvalue weighted by atomic mass is 32.2. The van der Waals surface area contributed by atoms with Crippen molar-refractivity contribution in [2.75, 3.05) is 18.4 Å². The first kappa shape index (κ1) is 26.5. The van der Waals surface area contributed by atoms with Crippen LogP contribution in [0.2, 0.25) is 0 Å². The molecule has 1 fully saturated rings. The van der Waals surface area contributed by atoms with Crippen LogP contribution in [0.25, 0.3) is 11.6 Å². The lowest BCUT2D eigenvalue weighted by Gasteiger charge is -2.16. The summed E-state index contributed by atoms with van der Waals surface area (Å²) in [6.07, 6.45) is 2.50. The van der Waals surface area contributed by atoms with E-state index >= 15 is 0 Å². The topological polar surface area (TPSA) is 140 Å². The van der Waals surface area contributed by atoms with Gasteiger partial charge in [0.2, 0.25) is 0 Å². The Balaban J connectivity index is 0.00000320. The van der Waals surface area contributed by atoms with E-state index in [0.717, 1.165) is 17.7 Å². The summed E-state index contributed by atoms with van der Waals surface area (Å²) in [5.74, 6) is -0.719. The number of hydrogen-bond acceptors (Lipinski definition) is 4. The van der Waals surface area contributed by atoms with E-state index in [4.69, 9.17) is 5.73 Å². The molecule has 2 aliphatic rings. The number of aromatic amines is 1. The number of nitrogens with zero attached hydrogens (tertiary/aromatic N) is 1. The molecular weight excluding hydrogens is 495 g/mol. The predicted octanol–water partition coefficient (Wildman–Crippen LogP) is 2.92. The highest BCUT2D eigenvalue weighted by molar-refractivity contribution is 7.84. The molecule has 2 amide bonds. The standard InChI is InChI=1S/C27H27FN4O3S.H2O/c1-15-24(30-16(2)25(15)27(34)32-10-9-18(29)13-32)12-21-20-11-19(7-8-23(20)31-26(21)33)36(35)14-17-5-3-4-6-22(17)28;/h3-8,11-12,18,30H,9-10,13-14,29H2,1-2H3,(H,31,33);1H2/b21-12-;/t18-,36?;/m0./s1. The Kier molecular flexibility index (Phi) is 7.44. The molecule has 0 saturated carbocycles. The second-order valence-corrected chi connectivity index (χ2v) is 10.7. The summed E-state index contributed by atoms with van der Waals surface area (Å²) >= 11 is 0. The number of aromatic nitrogens is 1. The molecule has 6 N–H and O–H groups in total. The van der Waals surface area contributed by atoms with Crippen molar-refractivity contribution in [3.05, 3.63) is 81.9 Å². The zero-order valence-electron chi connectivity index (χ0n) is 20.6. The molecule has 0 radical (unpaired) electrons. The number of anilines is 1. The van der Waals surface area contributed by atoms with Crippen LogP contribution in [0, 0.1) is 19.7 Å². The van der Waals surface area contributed by atoms with Crippen LogP contribution in [0.15, 0.2) is 47.4 Å². The molecule has 0 spiro atoms. The summed E-state index contributed by atoms with van der Waals surface area (Å²) in [7, 11) is -1.50. The second-order valence-electron chi connectivity index (χ2n) is 9.26. The first-order valence-electron chi connectivity index (χ1n) is 11.8. The molecule has 5 rings (SSSR count). The molecule has 2 atom stereocenters. The van der Waals surface area contributed by atoms with Crippen molar-refractivity contribution >= 4 is 40.0 Å². The van der Waals surface area contributed by atoms with Gasteiger partial charge in [0.05, 0.1) is 27.7 Å². The van der Waals surface area contributed by atoms with Gasteiger partial charge < -0.3 is 26.4 Å². The quantitative estimate of drug-likeness (QED) is 0.442. The third-order valence-corrected chi connectivity index (χ3v) is 8.12. The minimum atomic E-state index is -1.50. The van der Waals surface area contributed by atoms with Gasteiger partial charge in [-0.2, -0.15) is 0 Å². The lowest BCUT2D eigenvalue weighted by atomic mass is 10.0. The van der Waals surface area contributed by atoms with E-state index in [0.29, 0.717) is 51.6 Å². The summed E-state index contributed by atoms with van der Waals surface area (Å²) in [5, 5.41) is 2.84. The number of carbonyl (C=O) groups excluding carboxylic acids is 2. The van der Waals surface area contributed by atoms with Gasteiger partial charge in [-0.1, -0.05) is 18.2 Å². The molecular formula is C27H29FN4O4S. The van der Waals surface area contributed by atoms with E-state index in [1.807, 2.05) is 13.8 Å². The fourth-order valence-corrected chi connectivity index (χ4v) is 5.96. The molecule has 194 valence electrons. The van der Waals surface area contributed by atoms with Gasteiger partial charge >= 0.3 is 0 Å². The van der Waals surface area contributed by atoms with Crippen molar-refractivity contribution in [1.82, 2.24) is 9.88 Å². The number of fused-ring (bicyclic) bond motifs is 1. The van der Waals surface area contributed by atoms with Gasteiger partial charge in [-0.15, -0.1) is 0 Å². The predicted molar refractivity (Wildman–Crippen MR) is 142 cm³/mol. The van der Waals surface area contributed by atoms with Crippen LogP contribution in [0.4, 0.5) is 10.1 Å². The molecule has 37 heavy (non-hydrogen) atoms. The molecule has 0 aliphatic carbocycles. The molecule has 8 nitrogen and oxygen atoms in total. The maximum absolute atomic E-state index is 14.1. The summed E-state index contributed by atoms with van der Waals surface area (Å²) < 4.78 is 27.1. The van der Waals surface area contributed by atoms with Gasteiger partial charge in [0.1, 0.15) is 5.82 Å². The molecule has 2 aromatic carbocycles. The Bertz CT molecular complexity index is 1450. The van der Waals surface area contributed by atoms with Crippen LogP contribution in [0.1, 0.15) is 44.9 Å². The van der Waals surface area contributed by atoms with Crippen LogP contribution < -0.4 is 11.1 Å². The zero-order valence-corrected chi connectivity index (χ0v) is 21.4. The van der Waals surface area contributed by atoms with Crippen molar-refractivity contribution in [2.24, 2.45) is 5.73 Å². The molecule has 3 aromatic rings. The SMILES string of the molecule is Cc1[nH]c(/C=C2\C(=O)Nc3ccc(S(=O)Cc4ccccc4F)cc32)c(C)c1C(=O)N1CC[C@H](N)C1.O. The molecule has 1 saturated heterocycles. The van der Waals surface area contributed by atoms with E-state index in [1.165, 1.54) is 6.07 Å². The monoisotopic (exact) mass is 524 g/mol. The molecule has 2 aliphatic heterocycles. The maximum atomic E-state index is 14.1. The molecule has 3 heterocycles. The van der Waals surface area contributed by atoms with Gasteiger partial charge in [0.15, 0.2) is 0 Å². The number of benzene rings is 2. The Morgan fingerprint density at radius 1 is 1.24 bits per heavy atom. The van der Waals surface area contributed by atoms with Crippen LogP contribution >= 0.6 is 0 Å². The average Bonchev–Trinajstić information content (AvgIpc) is 3.50. The van der Waals surface area contributed by atoms with Gasteiger partial charge in [0, 0.05) is 52.2 Å². The number of likely N-dealkylation sites (tertiary alicyclic amines) is 1. The summed E-state index contributed by atoms with van der Waals surface area (Å²) in [6.45, 7) is 4.85. The Morgan fingerprint density at radius 2 is 2.00 bits per heavy atom. The van der Waals surface area contributed by atoms with Crippen LogP contribution in [0.3, 0.4) is 0 Å². The van der Waals surface area contributed by atoms with Crippen LogP contribution in [-0.2, 0) is 21.3 Å². The van der Waals surface area contributed by atoms with Gasteiger partial charge in [-0.05, 0) is 56.2 Å². The van der Waals surface area contributed by atoms with Crippen molar-refractivity contribution in [2.45, 2.75) is 37.0 Å². The highest BCUT2D eigenvalue weighted by Gasteiger charge is 2.30. The van der Waals surface area contributed by atoms with Crippen molar-refractivity contribution in [3.63, 3.8) is 0 Å². The highest BCUT2D eigenvalue weighted by Crippen LogP contribution is 2.36. The normalized spacial score (nSPS) is 18.5. The Morgan fingerprint density at radius 3 is 2.70 bits per heavy atom. The van der Waals surface area contributed by atoms with E-state index in [9.17, 15) is 18.2 Å². The fourth-order valence-electron chi connectivity index (χ4n) is 4.81. The van der Waals surface area contributed by atoms with E-state index in [2.05, 4.69) is 10.3 Å². The van der Waals surface area contributed by atoms with Gasteiger partial charge in [0.25, 0.3) is 11.8 Å². The van der Waals surface area contributed by atoms with E-state index < -0.39 is 16.6 Å². The van der Waals surface area contributed by atoms with Gasteiger partial charge in [-0.3, -0.25) is 13.8 Å². The maximum Gasteiger partial charge on any atom is 0.256 e. The van der Waals surface area contributed by atoms with Crippen LogP contribution in [-0.4, -0.2) is 50.5 Å². The molecule has 1 unspecified atom stereocenters. The minimum absolute atomic E-state index is 0. The summed E-state index contributed by atoms with van der Waals surface area (Å²) in [5.41, 5.74) is 10.7. The lowest BCUT2D eigenvalue weighted by Crippen LogP contribution is -2.32. The number of nitrogens with two attached hydrogens (primary N) is 1. The summed E-state index contributed by atoms with van der Waals surface area (Å²) in [4.78, 5) is 31.5.